The van der Waals surface area contributed by atoms with Gasteiger partial charge in [-0.3, -0.25) is 9.69 Å². The first-order chi connectivity index (χ1) is 10.2. The zero-order chi connectivity index (χ0) is 14.8. The SMILES string of the molecule is CCC[C@H]1NC(=O)N(CN2CCC[C@@H]2c2cccs2)C1=O. The third-order valence-corrected chi connectivity index (χ3v) is 5.22. The van der Waals surface area contributed by atoms with Gasteiger partial charge in [0.05, 0.1) is 6.67 Å². The van der Waals surface area contributed by atoms with Crippen molar-refractivity contribution in [3.8, 4) is 0 Å². The molecule has 2 fully saturated rings. The van der Waals surface area contributed by atoms with Crippen molar-refractivity contribution >= 4 is 23.3 Å². The molecule has 0 aliphatic carbocycles. The number of imide groups is 1. The van der Waals surface area contributed by atoms with Crippen LogP contribution in [0.1, 0.15) is 43.5 Å². The van der Waals surface area contributed by atoms with E-state index in [4.69, 9.17) is 0 Å². The molecule has 1 N–H and O–H groups in total. The van der Waals surface area contributed by atoms with Crippen LogP contribution in [0.2, 0.25) is 0 Å². The molecule has 6 heteroatoms. The van der Waals surface area contributed by atoms with Crippen LogP contribution in [0.25, 0.3) is 0 Å². The van der Waals surface area contributed by atoms with Crippen LogP contribution in [0.15, 0.2) is 17.5 Å². The Bertz CT molecular complexity index is 517. The minimum atomic E-state index is -0.328. The molecule has 0 aromatic carbocycles. The molecule has 1 aromatic rings. The fourth-order valence-electron chi connectivity index (χ4n) is 3.18. The van der Waals surface area contributed by atoms with Gasteiger partial charge in [-0.05, 0) is 30.7 Å². The van der Waals surface area contributed by atoms with Gasteiger partial charge in [0.15, 0.2) is 0 Å². The van der Waals surface area contributed by atoms with Crippen LogP contribution >= 0.6 is 11.3 Å². The molecule has 3 rings (SSSR count). The summed E-state index contributed by atoms with van der Waals surface area (Å²) < 4.78 is 0. The minimum Gasteiger partial charge on any atom is -0.326 e. The van der Waals surface area contributed by atoms with Crippen molar-refractivity contribution in [2.45, 2.75) is 44.7 Å². The van der Waals surface area contributed by atoms with Gasteiger partial charge in [-0.25, -0.2) is 9.69 Å². The first-order valence-electron chi connectivity index (χ1n) is 7.60. The zero-order valence-electron chi connectivity index (χ0n) is 12.2. The normalized spacial score (nSPS) is 26.6. The Morgan fingerprint density at radius 3 is 3.00 bits per heavy atom. The molecule has 2 aliphatic rings. The highest BCUT2D eigenvalue weighted by atomic mass is 32.1. The molecule has 0 unspecified atom stereocenters. The molecule has 0 radical (unpaired) electrons. The summed E-state index contributed by atoms with van der Waals surface area (Å²) in [7, 11) is 0. The zero-order valence-corrected chi connectivity index (χ0v) is 13.1. The molecule has 0 saturated carbocycles. The van der Waals surface area contributed by atoms with E-state index in [0.717, 1.165) is 32.2 Å². The number of thiophene rings is 1. The molecule has 5 nitrogen and oxygen atoms in total. The second-order valence-electron chi connectivity index (χ2n) is 5.68. The number of carbonyl (C=O) groups is 2. The molecule has 2 saturated heterocycles. The van der Waals surface area contributed by atoms with Crippen molar-refractivity contribution < 1.29 is 9.59 Å². The smallest absolute Gasteiger partial charge is 0.325 e. The largest absolute Gasteiger partial charge is 0.326 e. The summed E-state index contributed by atoms with van der Waals surface area (Å²) >= 11 is 1.75. The Morgan fingerprint density at radius 2 is 2.29 bits per heavy atom. The Hall–Kier alpha value is -1.40. The number of nitrogens with one attached hydrogen (secondary N) is 1. The van der Waals surface area contributed by atoms with Crippen LogP contribution in [0.5, 0.6) is 0 Å². The predicted octanol–water partition coefficient (Wildman–Crippen LogP) is 2.56. The van der Waals surface area contributed by atoms with E-state index in [9.17, 15) is 9.59 Å². The van der Waals surface area contributed by atoms with Crippen molar-refractivity contribution in [1.29, 1.82) is 0 Å². The number of likely N-dealkylation sites (tertiary alicyclic amines) is 1. The predicted molar refractivity (Wildman–Crippen MR) is 81.9 cm³/mol. The topological polar surface area (TPSA) is 52.7 Å². The van der Waals surface area contributed by atoms with Gasteiger partial charge in [0, 0.05) is 17.5 Å². The molecule has 3 amide bonds. The molecule has 1 aromatic heterocycles. The van der Waals surface area contributed by atoms with Crippen LogP contribution in [0, 0.1) is 0 Å². The number of rotatable bonds is 5. The third kappa shape index (κ3) is 2.82. The molecule has 0 bridgehead atoms. The first-order valence-corrected chi connectivity index (χ1v) is 8.48. The summed E-state index contributed by atoms with van der Waals surface area (Å²) in [6.45, 7) is 3.38. The molecule has 3 heterocycles. The van der Waals surface area contributed by atoms with E-state index >= 15 is 0 Å². The third-order valence-electron chi connectivity index (χ3n) is 4.24. The van der Waals surface area contributed by atoms with Crippen LogP contribution in [-0.4, -0.2) is 41.0 Å². The highest BCUT2D eigenvalue weighted by Crippen LogP contribution is 2.34. The number of carbonyl (C=O) groups excluding carboxylic acids is 2. The monoisotopic (exact) mass is 307 g/mol. The van der Waals surface area contributed by atoms with Crippen molar-refractivity contribution in [3.63, 3.8) is 0 Å². The summed E-state index contributed by atoms with van der Waals surface area (Å²) in [6.07, 6.45) is 3.83. The molecule has 2 aliphatic heterocycles. The lowest BCUT2D eigenvalue weighted by atomic mass is 10.1. The summed E-state index contributed by atoms with van der Waals surface area (Å²) in [5.41, 5.74) is 0. The van der Waals surface area contributed by atoms with Crippen LogP contribution in [-0.2, 0) is 4.79 Å². The van der Waals surface area contributed by atoms with Crippen molar-refractivity contribution in [3.05, 3.63) is 22.4 Å². The van der Waals surface area contributed by atoms with Gasteiger partial charge < -0.3 is 5.32 Å². The Kier molecular flexibility index (Phi) is 4.26. The molecule has 114 valence electrons. The van der Waals surface area contributed by atoms with Gasteiger partial charge in [-0.1, -0.05) is 19.4 Å². The Morgan fingerprint density at radius 1 is 1.43 bits per heavy atom. The van der Waals surface area contributed by atoms with Gasteiger partial charge in [-0.2, -0.15) is 0 Å². The van der Waals surface area contributed by atoms with Crippen LogP contribution < -0.4 is 5.32 Å². The summed E-state index contributed by atoms with van der Waals surface area (Å²) in [4.78, 5) is 29.3. The Labute approximate surface area is 128 Å². The maximum absolute atomic E-state index is 12.3. The quantitative estimate of drug-likeness (QED) is 0.851. The van der Waals surface area contributed by atoms with E-state index in [2.05, 4.69) is 27.7 Å². The molecule has 2 atom stereocenters. The van der Waals surface area contributed by atoms with Crippen LogP contribution in [0.3, 0.4) is 0 Å². The van der Waals surface area contributed by atoms with E-state index in [1.165, 1.54) is 9.78 Å². The molecule has 21 heavy (non-hydrogen) atoms. The van der Waals surface area contributed by atoms with Crippen LogP contribution in [0.4, 0.5) is 4.79 Å². The number of hydrogen-bond donors (Lipinski definition) is 1. The first kappa shape index (κ1) is 14.5. The van der Waals surface area contributed by atoms with E-state index in [-0.39, 0.29) is 18.0 Å². The minimum absolute atomic E-state index is 0.0707. The second kappa shape index (κ2) is 6.15. The standard InChI is InChI=1S/C15H21N3O2S/c1-2-5-11-14(19)18(15(20)16-11)10-17-8-3-6-12(17)13-7-4-9-21-13/h4,7,9,11-12H,2-3,5-6,8,10H2,1H3,(H,16,20)/t11-,12-/m1/s1. The van der Waals surface area contributed by atoms with Crippen molar-refractivity contribution in [2.24, 2.45) is 0 Å². The number of urea groups is 1. The highest BCUT2D eigenvalue weighted by Gasteiger charge is 2.40. The van der Waals surface area contributed by atoms with Gasteiger partial charge in [0.2, 0.25) is 0 Å². The molecule has 0 spiro atoms. The summed E-state index contributed by atoms with van der Waals surface area (Å²) in [5.74, 6) is -0.0707. The van der Waals surface area contributed by atoms with E-state index in [0.29, 0.717) is 12.7 Å². The average Bonchev–Trinajstić information content (AvgIpc) is 3.17. The van der Waals surface area contributed by atoms with E-state index in [1.807, 2.05) is 6.92 Å². The lowest BCUT2D eigenvalue weighted by molar-refractivity contribution is -0.129. The fourth-order valence-corrected chi connectivity index (χ4v) is 4.07. The summed E-state index contributed by atoms with van der Waals surface area (Å²) in [6, 6.07) is 3.97. The van der Waals surface area contributed by atoms with E-state index < -0.39 is 0 Å². The number of amides is 3. The average molecular weight is 307 g/mol. The fraction of sp³-hybridized carbons (Fsp3) is 0.600. The van der Waals surface area contributed by atoms with Gasteiger partial charge in [0.25, 0.3) is 5.91 Å². The van der Waals surface area contributed by atoms with Crippen molar-refractivity contribution in [1.82, 2.24) is 15.1 Å². The molecular weight excluding hydrogens is 286 g/mol. The van der Waals surface area contributed by atoms with Gasteiger partial charge in [-0.15, -0.1) is 11.3 Å². The van der Waals surface area contributed by atoms with Gasteiger partial charge in [0.1, 0.15) is 6.04 Å². The lowest BCUT2D eigenvalue weighted by Gasteiger charge is -2.27. The van der Waals surface area contributed by atoms with E-state index in [1.54, 1.807) is 11.3 Å². The Balaban J connectivity index is 1.68. The second-order valence-corrected chi connectivity index (χ2v) is 6.66. The number of nitrogens with zero attached hydrogens (tertiary/aromatic N) is 2. The maximum Gasteiger partial charge on any atom is 0.325 e. The van der Waals surface area contributed by atoms with Gasteiger partial charge >= 0.3 is 6.03 Å². The lowest BCUT2D eigenvalue weighted by Crippen LogP contribution is -2.41. The van der Waals surface area contributed by atoms with Crippen molar-refractivity contribution in [2.75, 3.05) is 13.2 Å². The number of hydrogen-bond acceptors (Lipinski definition) is 4. The summed E-state index contributed by atoms with van der Waals surface area (Å²) in [5, 5.41) is 4.87. The maximum atomic E-state index is 12.3. The highest BCUT2D eigenvalue weighted by molar-refractivity contribution is 7.10. The molecular formula is C15H21N3O2S.